The molecule has 1 heterocycles. The third-order valence-corrected chi connectivity index (χ3v) is 6.07. The van der Waals surface area contributed by atoms with E-state index in [1.807, 2.05) is 13.8 Å². The maximum absolute atomic E-state index is 11.9. The molecule has 33 heavy (non-hydrogen) atoms. The van der Waals surface area contributed by atoms with Crippen molar-refractivity contribution >= 4 is 29.5 Å². The van der Waals surface area contributed by atoms with E-state index in [2.05, 4.69) is 62.2 Å². The largest absolute Gasteiger partial charge is 0.366 e. The topological polar surface area (TPSA) is 67.8 Å². The third-order valence-electron chi connectivity index (χ3n) is 5.62. The van der Waals surface area contributed by atoms with Gasteiger partial charge in [0.1, 0.15) is 0 Å². The Morgan fingerprint density at radius 2 is 1.61 bits per heavy atom. The van der Waals surface area contributed by atoms with E-state index >= 15 is 0 Å². The van der Waals surface area contributed by atoms with Crippen LogP contribution in [0.2, 0.25) is 0 Å². The van der Waals surface area contributed by atoms with Gasteiger partial charge in [0.25, 0.3) is 0 Å². The van der Waals surface area contributed by atoms with Gasteiger partial charge in [-0.2, -0.15) is 14.1 Å². The minimum Gasteiger partial charge on any atom is -0.366 e. The lowest BCUT2D eigenvalue weighted by atomic mass is 9.79. The number of amides is 1. The third kappa shape index (κ3) is 9.12. The Hall–Kier alpha value is -2.47. The summed E-state index contributed by atoms with van der Waals surface area (Å²) < 4.78 is 11.9. The summed E-state index contributed by atoms with van der Waals surface area (Å²) in [5.41, 5.74) is 10.2. The van der Waals surface area contributed by atoms with E-state index in [0.717, 1.165) is 0 Å². The minimum absolute atomic E-state index is 0.137. The molecule has 1 aliphatic rings. The van der Waals surface area contributed by atoms with Crippen molar-refractivity contribution in [2.75, 3.05) is 0 Å². The van der Waals surface area contributed by atoms with E-state index in [4.69, 9.17) is 5.73 Å². The van der Waals surface area contributed by atoms with Crippen molar-refractivity contribution in [2.24, 2.45) is 27.8 Å². The smallest absolute Gasteiger partial charge is 0.248 e. The minimum atomic E-state index is -0.500. The Morgan fingerprint density at radius 1 is 1.00 bits per heavy atom. The molecule has 0 saturated heterocycles. The van der Waals surface area contributed by atoms with E-state index in [0.29, 0.717) is 22.3 Å². The van der Waals surface area contributed by atoms with Gasteiger partial charge >= 0.3 is 0 Å². The Kier molecular flexibility index (Phi) is 13.3. The number of hydrogen-bond donors (Lipinski definition) is 1. The number of primary amides is 1. The summed E-state index contributed by atoms with van der Waals surface area (Å²) in [7, 11) is 0. The Morgan fingerprint density at radius 3 is 2.12 bits per heavy atom. The standard InChI is InChI=1S/C18H26N2.C7H6FNOS.C2H6/c1-5-6-7-8-17-14(3)15(4)19-20-18(17)16-11-9-13(2)10-12-16;8-11-6-3-1-5(2-4-6)7(9)10;1-2/h9-12,14,17H,5-8H2,1-4H3;1-4H,(H2,9,10);1-2H3. The molecule has 0 radical (unpaired) electrons. The van der Waals surface area contributed by atoms with Crippen LogP contribution in [0.3, 0.4) is 0 Å². The summed E-state index contributed by atoms with van der Waals surface area (Å²) in [6.07, 6.45) is 5.07. The summed E-state index contributed by atoms with van der Waals surface area (Å²) in [6, 6.07) is 14.7. The van der Waals surface area contributed by atoms with Crippen LogP contribution in [0.4, 0.5) is 3.89 Å². The van der Waals surface area contributed by atoms with Gasteiger partial charge in [-0.25, -0.2) is 0 Å². The number of aryl methyl sites for hydroxylation is 1. The van der Waals surface area contributed by atoms with Crippen molar-refractivity contribution in [1.82, 2.24) is 0 Å². The van der Waals surface area contributed by atoms with E-state index < -0.39 is 5.91 Å². The number of unbranched alkanes of at least 4 members (excludes halogenated alkanes) is 2. The first-order valence-electron chi connectivity index (χ1n) is 11.7. The molecule has 2 unspecified atom stereocenters. The molecule has 0 bridgehead atoms. The number of halogens is 1. The van der Waals surface area contributed by atoms with Gasteiger partial charge in [-0.05, 0) is 50.1 Å². The van der Waals surface area contributed by atoms with Crippen molar-refractivity contribution in [3.05, 3.63) is 65.2 Å². The Balaban J connectivity index is 0.000000354. The van der Waals surface area contributed by atoms with Crippen LogP contribution in [0.25, 0.3) is 0 Å². The van der Waals surface area contributed by atoms with Crippen molar-refractivity contribution in [3.8, 4) is 0 Å². The molecule has 0 fully saturated rings. The van der Waals surface area contributed by atoms with Crippen molar-refractivity contribution < 1.29 is 8.68 Å². The van der Waals surface area contributed by atoms with Gasteiger partial charge in [0.15, 0.2) is 0 Å². The molecule has 2 atom stereocenters. The lowest BCUT2D eigenvalue weighted by Crippen LogP contribution is -2.30. The highest BCUT2D eigenvalue weighted by Crippen LogP contribution is 2.29. The van der Waals surface area contributed by atoms with E-state index in [1.165, 1.54) is 72.5 Å². The Bertz CT molecular complexity index is 908. The zero-order chi connectivity index (χ0) is 24.8. The summed E-state index contributed by atoms with van der Waals surface area (Å²) >= 11 is 0.137. The zero-order valence-corrected chi connectivity index (χ0v) is 21.6. The highest BCUT2D eigenvalue weighted by molar-refractivity contribution is 7.94. The lowest BCUT2D eigenvalue weighted by molar-refractivity contribution is 0.1000. The fraction of sp³-hybridized carbons (Fsp3) is 0.444. The fourth-order valence-electron chi connectivity index (χ4n) is 3.49. The second-order valence-corrected chi connectivity index (χ2v) is 8.58. The van der Waals surface area contributed by atoms with Gasteiger partial charge in [-0.3, -0.25) is 4.79 Å². The molecule has 2 N–H and O–H groups in total. The van der Waals surface area contributed by atoms with Crippen LogP contribution in [0.5, 0.6) is 0 Å². The number of carbonyl (C=O) groups excluding carboxylic acids is 1. The zero-order valence-electron chi connectivity index (χ0n) is 20.8. The molecule has 0 aromatic heterocycles. The molecule has 0 spiro atoms. The molecule has 0 aliphatic carbocycles. The molecule has 2 aromatic carbocycles. The maximum atomic E-state index is 11.9. The monoisotopic (exact) mass is 471 g/mol. The molecule has 1 aliphatic heterocycles. The molecular formula is C27H38FN3OS. The van der Waals surface area contributed by atoms with Crippen LogP contribution in [0.1, 0.15) is 81.8 Å². The first kappa shape index (κ1) is 28.6. The highest BCUT2D eigenvalue weighted by Gasteiger charge is 2.28. The van der Waals surface area contributed by atoms with Crippen molar-refractivity contribution in [3.63, 3.8) is 0 Å². The molecular weight excluding hydrogens is 433 g/mol. The quantitative estimate of drug-likeness (QED) is 0.419. The predicted molar refractivity (Wildman–Crippen MR) is 141 cm³/mol. The van der Waals surface area contributed by atoms with Gasteiger partial charge in [0.05, 0.1) is 17.9 Å². The number of benzene rings is 2. The van der Waals surface area contributed by atoms with Crippen LogP contribution >= 0.6 is 12.1 Å². The van der Waals surface area contributed by atoms with Crippen molar-refractivity contribution in [2.45, 2.75) is 72.1 Å². The number of carbonyl (C=O) groups is 1. The van der Waals surface area contributed by atoms with E-state index in [1.54, 1.807) is 0 Å². The average molecular weight is 472 g/mol. The number of rotatable bonds is 7. The maximum Gasteiger partial charge on any atom is 0.248 e. The Labute approximate surface area is 203 Å². The molecule has 3 rings (SSSR count). The average Bonchev–Trinajstić information content (AvgIpc) is 2.84. The molecule has 2 aromatic rings. The first-order valence-corrected chi connectivity index (χ1v) is 12.5. The summed E-state index contributed by atoms with van der Waals surface area (Å²) in [5.74, 6) is 0.517. The predicted octanol–water partition coefficient (Wildman–Crippen LogP) is 7.79. The second kappa shape index (κ2) is 15.4. The number of hydrogen-bond acceptors (Lipinski definition) is 4. The van der Waals surface area contributed by atoms with Gasteiger partial charge in [0.2, 0.25) is 5.91 Å². The summed E-state index contributed by atoms with van der Waals surface area (Å²) in [5, 5.41) is 8.90. The molecule has 6 heteroatoms. The molecule has 4 nitrogen and oxygen atoms in total. The van der Waals surface area contributed by atoms with E-state index in [9.17, 15) is 8.68 Å². The summed E-state index contributed by atoms with van der Waals surface area (Å²) in [4.78, 5) is 11.0. The highest BCUT2D eigenvalue weighted by atomic mass is 32.2. The fourth-order valence-corrected chi connectivity index (χ4v) is 3.73. The second-order valence-electron chi connectivity index (χ2n) is 7.95. The molecule has 180 valence electrons. The van der Waals surface area contributed by atoms with E-state index in [-0.39, 0.29) is 12.1 Å². The van der Waals surface area contributed by atoms with Crippen LogP contribution in [-0.2, 0) is 0 Å². The normalized spacial score (nSPS) is 16.9. The summed E-state index contributed by atoms with van der Waals surface area (Å²) in [6.45, 7) is 12.8. The van der Waals surface area contributed by atoms with Crippen LogP contribution in [-0.4, -0.2) is 17.3 Å². The molecule has 1 amide bonds. The lowest BCUT2D eigenvalue weighted by Gasteiger charge is -2.28. The SMILES string of the molecule is CC.CCCCCC1C(c2ccc(C)cc2)=NN=C(C)C1C.NC(=O)c1ccc(SF)cc1. The number of nitrogens with zero attached hydrogens (tertiary/aromatic N) is 2. The number of nitrogens with two attached hydrogens (primary N) is 1. The van der Waals surface area contributed by atoms with Gasteiger partial charge in [-0.15, -0.1) is 0 Å². The van der Waals surface area contributed by atoms with Crippen molar-refractivity contribution in [1.29, 1.82) is 0 Å². The van der Waals surface area contributed by atoms with Gasteiger partial charge in [0, 0.05) is 28.0 Å². The molecule has 0 saturated carbocycles. The van der Waals surface area contributed by atoms with Gasteiger partial charge in [-0.1, -0.05) is 76.8 Å². The van der Waals surface area contributed by atoms with Gasteiger partial charge < -0.3 is 5.73 Å². The van der Waals surface area contributed by atoms with Crippen LogP contribution in [0.15, 0.2) is 63.6 Å². The van der Waals surface area contributed by atoms with Crippen LogP contribution < -0.4 is 5.73 Å². The first-order chi connectivity index (χ1) is 15.9. The van der Waals surface area contributed by atoms with Crippen LogP contribution in [0, 0.1) is 18.8 Å².